The van der Waals surface area contributed by atoms with Crippen molar-refractivity contribution in [3.8, 4) is 5.75 Å². The van der Waals surface area contributed by atoms with Crippen molar-refractivity contribution in [2.24, 2.45) is 17.8 Å². The van der Waals surface area contributed by atoms with E-state index < -0.39 is 77.5 Å². The molecule has 3 fully saturated rings. The summed E-state index contributed by atoms with van der Waals surface area (Å²) in [6.07, 6.45) is -10.2. The van der Waals surface area contributed by atoms with Gasteiger partial charge in [0.05, 0.1) is 23.9 Å². The fourth-order valence-corrected chi connectivity index (χ4v) is 6.86. The zero-order chi connectivity index (χ0) is 30.6. The fraction of sp³-hybridized carbons (Fsp3) is 0.552. The third kappa shape index (κ3) is 5.87. The molecule has 1 saturated carbocycles. The highest BCUT2D eigenvalue weighted by Gasteiger charge is 2.48. The van der Waals surface area contributed by atoms with Crippen molar-refractivity contribution in [3.63, 3.8) is 0 Å². The lowest BCUT2D eigenvalue weighted by molar-refractivity contribution is -0.185. The first kappa shape index (κ1) is 30.0. The Hall–Kier alpha value is -3.51. The number of rotatable bonds is 5. The maximum atomic E-state index is 14.3. The number of benzene rings is 2. The molecule has 3 aliphatic rings. The second-order valence-corrected chi connectivity index (χ2v) is 11.5. The van der Waals surface area contributed by atoms with Crippen molar-refractivity contribution in [2.75, 3.05) is 0 Å². The minimum atomic E-state index is -4.86. The first-order valence-electron chi connectivity index (χ1n) is 13.8. The number of aliphatic carboxylic acids is 2. The lowest BCUT2D eigenvalue weighted by atomic mass is 9.73. The standard InChI is InChI=1S/C29H29F6NO6/c30-28(31,32)18-3-5-21(6-4-18)42-23-8-2-14-9-15(1-7-22(14)24(23)29(33,34)35)25(37)36-19-10-16(26(38)39)11-20(36)13-17(12-19)27(40)41/h1-2,7-9,16-21H,3-6,10-13H2,(H,38,39)(H,40,41). The van der Waals surface area contributed by atoms with Gasteiger partial charge in [-0.1, -0.05) is 12.1 Å². The molecule has 2 aromatic rings. The Labute approximate surface area is 236 Å². The maximum Gasteiger partial charge on any atom is 0.420 e. The molecule has 7 nitrogen and oxygen atoms in total. The number of alkyl halides is 6. The van der Waals surface area contributed by atoms with Gasteiger partial charge in [0.15, 0.2) is 0 Å². The molecule has 228 valence electrons. The molecule has 0 unspecified atom stereocenters. The normalized spacial score (nSPS) is 28.4. The second-order valence-electron chi connectivity index (χ2n) is 11.5. The molecular formula is C29H29F6NO6. The third-order valence-electron chi connectivity index (χ3n) is 8.89. The van der Waals surface area contributed by atoms with Crippen LogP contribution >= 0.6 is 0 Å². The lowest BCUT2D eigenvalue weighted by Gasteiger charge is -2.49. The molecule has 0 spiro atoms. The molecule has 2 aliphatic heterocycles. The highest BCUT2D eigenvalue weighted by atomic mass is 19.4. The number of hydrogen-bond acceptors (Lipinski definition) is 4. The largest absolute Gasteiger partial charge is 0.490 e. The molecule has 2 heterocycles. The van der Waals surface area contributed by atoms with E-state index in [1.807, 2.05) is 0 Å². The smallest absolute Gasteiger partial charge is 0.420 e. The Morgan fingerprint density at radius 3 is 1.81 bits per heavy atom. The van der Waals surface area contributed by atoms with Crippen molar-refractivity contribution >= 4 is 28.6 Å². The number of nitrogens with zero attached hydrogens (tertiary/aromatic N) is 1. The molecule has 2 N–H and O–H groups in total. The summed E-state index contributed by atoms with van der Waals surface area (Å²) in [6.45, 7) is 0. The van der Waals surface area contributed by atoms with Crippen molar-refractivity contribution < 1.29 is 55.7 Å². The van der Waals surface area contributed by atoms with Crippen LogP contribution in [0.15, 0.2) is 30.3 Å². The van der Waals surface area contributed by atoms with Crippen LogP contribution in [0, 0.1) is 17.8 Å². The van der Waals surface area contributed by atoms with Gasteiger partial charge in [-0.25, -0.2) is 0 Å². The number of ether oxygens (including phenoxy) is 1. The number of hydrogen-bond donors (Lipinski definition) is 2. The van der Waals surface area contributed by atoms with E-state index in [1.165, 1.54) is 23.1 Å². The van der Waals surface area contributed by atoms with E-state index in [0.717, 1.165) is 12.1 Å². The monoisotopic (exact) mass is 601 g/mol. The average Bonchev–Trinajstić information content (AvgIpc) is 2.90. The van der Waals surface area contributed by atoms with Crippen molar-refractivity contribution in [3.05, 3.63) is 41.5 Å². The van der Waals surface area contributed by atoms with E-state index in [2.05, 4.69) is 0 Å². The first-order valence-corrected chi connectivity index (χ1v) is 13.8. The summed E-state index contributed by atoms with van der Waals surface area (Å²) in [4.78, 5) is 38.4. The number of carboxylic acids is 2. The Kier molecular flexibility index (Phi) is 7.82. The van der Waals surface area contributed by atoms with Gasteiger partial charge in [-0.05, 0) is 80.3 Å². The summed E-state index contributed by atoms with van der Waals surface area (Å²) in [5.41, 5.74) is -1.01. The molecule has 2 aromatic carbocycles. The molecule has 2 saturated heterocycles. The lowest BCUT2D eigenvalue weighted by Crippen LogP contribution is -2.58. The van der Waals surface area contributed by atoms with Crippen LogP contribution < -0.4 is 4.74 Å². The van der Waals surface area contributed by atoms with E-state index in [0.29, 0.717) is 0 Å². The Morgan fingerprint density at radius 1 is 0.786 bits per heavy atom. The molecule has 0 atom stereocenters. The topological polar surface area (TPSA) is 104 Å². The summed E-state index contributed by atoms with van der Waals surface area (Å²) in [7, 11) is 0. The number of carboxylic acid groups (broad SMARTS) is 2. The zero-order valence-corrected chi connectivity index (χ0v) is 22.3. The number of carbonyl (C=O) groups is 3. The van der Waals surface area contributed by atoms with E-state index >= 15 is 0 Å². The molecule has 0 radical (unpaired) electrons. The van der Waals surface area contributed by atoms with E-state index in [9.17, 15) is 50.9 Å². The Bertz CT molecular complexity index is 1340. The molecule has 1 amide bonds. The van der Waals surface area contributed by atoms with E-state index in [1.54, 1.807) is 0 Å². The van der Waals surface area contributed by atoms with Gasteiger partial charge in [0, 0.05) is 17.6 Å². The van der Waals surface area contributed by atoms with Crippen LogP contribution in [0.1, 0.15) is 67.3 Å². The maximum absolute atomic E-state index is 14.3. The van der Waals surface area contributed by atoms with E-state index in [-0.39, 0.29) is 67.7 Å². The van der Waals surface area contributed by atoms with Gasteiger partial charge in [-0.2, -0.15) is 26.3 Å². The molecule has 5 rings (SSSR count). The zero-order valence-electron chi connectivity index (χ0n) is 22.3. The van der Waals surface area contributed by atoms with Crippen molar-refractivity contribution in [1.82, 2.24) is 4.90 Å². The first-order chi connectivity index (χ1) is 19.6. The highest BCUT2D eigenvalue weighted by molar-refractivity contribution is 6.00. The Morgan fingerprint density at radius 2 is 1.33 bits per heavy atom. The third-order valence-corrected chi connectivity index (χ3v) is 8.89. The summed E-state index contributed by atoms with van der Waals surface area (Å²) in [5.74, 6) is -6.02. The molecule has 42 heavy (non-hydrogen) atoms. The van der Waals surface area contributed by atoms with Crippen LogP contribution in [0.4, 0.5) is 26.3 Å². The van der Waals surface area contributed by atoms with Crippen molar-refractivity contribution in [1.29, 1.82) is 0 Å². The molecule has 0 aromatic heterocycles. The van der Waals surface area contributed by atoms with Crippen molar-refractivity contribution in [2.45, 2.75) is 81.9 Å². The number of amides is 1. The summed E-state index contributed by atoms with van der Waals surface area (Å²) >= 11 is 0. The number of carbonyl (C=O) groups excluding carboxylic acids is 1. The molecule has 13 heteroatoms. The molecule has 1 aliphatic carbocycles. The minimum Gasteiger partial charge on any atom is -0.490 e. The summed E-state index contributed by atoms with van der Waals surface area (Å²) in [5, 5.41) is 18.9. The van der Waals surface area contributed by atoms with Gasteiger partial charge >= 0.3 is 24.3 Å². The van der Waals surface area contributed by atoms with Gasteiger partial charge in [0.1, 0.15) is 11.3 Å². The van der Waals surface area contributed by atoms with Gasteiger partial charge in [0.2, 0.25) is 0 Å². The van der Waals surface area contributed by atoms with Gasteiger partial charge in [-0.15, -0.1) is 0 Å². The molecule has 2 bridgehead atoms. The van der Waals surface area contributed by atoms with Crippen LogP contribution in [0.3, 0.4) is 0 Å². The molecular weight excluding hydrogens is 572 g/mol. The van der Waals surface area contributed by atoms with Crippen LogP contribution in [-0.2, 0) is 15.8 Å². The minimum absolute atomic E-state index is 0.0312. The predicted molar refractivity (Wildman–Crippen MR) is 136 cm³/mol. The number of fused-ring (bicyclic) bond motifs is 3. The average molecular weight is 602 g/mol. The second kappa shape index (κ2) is 11.0. The van der Waals surface area contributed by atoms with Crippen LogP contribution in [0.5, 0.6) is 5.75 Å². The predicted octanol–water partition coefficient (Wildman–Crippen LogP) is 6.53. The van der Waals surface area contributed by atoms with Gasteiger partial charge < -0.3 is 19.8 Å². The van der Waals surface area contributed by atoms with Gasteiger partial charge in [0.25, 0.3) is 5.91 Å². The summed E-state index contributed by atoms with van der Waals surface area (Å²) in [6, 6.07) is 4.88. The number of halogens is 6. The van der Waals surface area contributed by atoms with Crippen LogP contribution in [0.25, 0.3) is 10.8 Å². The number of piperidine rings is 2. The Balaban J connectivity index is 1.41. The van der Waals surface area contributed by atoms with E-state index in [4.69, 9.17) is 4.74 Å². The summed E-state index contributed by atoms with van der Waals surface area (Å²) < 4.78 is 87.4. The quantitative estimate of drug-likeness (QED) is 0.378. The SMILES string of the molecule is O=C(O)C1CC2CC(C(=O)O)CC(C1)N2C(=O)c1ccc2c(C(F)(F)F)c(OC3CCC(C(F)(F)F)CC3)ccc2c1. The fourth-order valence-electron chi connectivity index (χ4n) is 6.86. The van der Waals surface area contributed by atoms with Gasteiger partial charge in [-0.3, -0.25) is 14.4 Å². The van der Waals surface area contributed by atoms with Crippen LogP contribution in [-0.4, -0.2) is 57.3 Å². The van der Waals surface area contributed by atoms with Crippen LogP contribution in [0.2, 0.25) is 0 Å². The highest BCUT2D eigenvalue weighted by Crippen LogP contribution is 2.45.